The van der Waals surface area contributed by atoms with E-state index in [0.717, 1.165) is 0 Å². The van der Waals surface area contributed by atoms with Crippen LogP contribution in [0.15, 0.2) is 24.3 Å². The van der Waals surface area contributed by atoms with E-state index in [-0.39, 0.29) is 11.7 Å². The Morgan fingerprint density at radius 3 is 2.69 bits per heavy atom. The zero-order valence-corrected chi connectivity index (χ0v) is 14.9. The molecule has 8 heteroatoms. The fraction of sp³-hybridized carbons (Fsp3) is 0.444. The maximum absolute atomic E-state index is 13.6. The van der Waals surface area contributed by atoms with Gasteiger partial charge in [-0.25, -0.2) is 18.9 Å². The van der Waals surface area contributed by atoms with E-state index in [1.54, 1.807) is 12.1 Å². The minimum Gasteiger partial charge on any atom is -0.480 e. The van der Waals surface area contributed by atoms with Crippen LogP contribution in [-0.4, -0.2) is 48.7 Å². The van der Waals surface area contributed by atoms with Gasteiger partial charge in [0.15, 0.2) is 0 Å². The molecule has 1 atom stereocenters. The lowest BCUT2D eigenvalue weighted by Crippen LogP contribution is -2.51. The van der Waals surface area contributed by atoms with Crippen LogP contribution >= 0.6 is 0 Å². The van der Waals surface area contributed by atoms with E-state index >= 15 is 0 Å². The van der Waals surface area contributed by atoms with Gasteiger partial charge in [0.05, 0.1) is 5.69 Å². The largest absolute Gasteiger partial charge is 0.480 e. The zero-order chi connectivity index (χ0) is 19.1. The first-order valence-electron chi connectivity index (χ1n) is 8.52. The summed E-state index contributed by atoms with van der Waals surface area (Å²) in [5.41, 5.74) is -0.804. The summed E-state index contributed by atoms with van der Waals surface area (Å²) in [6.45, 7) is 5.66. The third kappa shape index (κ3) is 2.95. The van der Waals surface area contributed by atoms with E-state index in [1.165, 1.54) is 28.6 Å². The summed E-state index contributed by atoms with van der Waals surface area (Å²) < 4.78 is 15.0. The Kier molecular flexibility index (Phi) is 4.52. The number of carboxylic acids is 1. The minimum absolute atomic E-state index is 0.0586. The Hall–Kier alpha value is -2.77. The van der Waals surface area contributed by atoms with Gasteiger partial charge >= 0.3 is 5.97 Å². The fourth-order valence-corrected chi connectivity index (χ4v) is 3.22. The average Bonchev–Trinajstić information content (AvgIpc) is 3.19. The van der Waals surface area contributed by atoms with E-state index in [4.69, 9.17) is 0 Å². The molecular weight excluding hydrogens is 339 g/mol. The number of aromatic nitrogens is 3. The number of likely N-dealkylation sites (tertiary alicyclic amines) is 1. The molecule has 1 N–H and O–H groups in total. The summed E-state index contributed by atoms with van der Waals surface area (Å²) >= 11 is 0. The van der Waals surface area contributed by atoms with Crippen molar-refractivity contribution in [2.24, 2.45) is 0 Å². The first-order valence-corrected chi connectivity index (χ1v) is 8.52. The van der Waals surface area contributed by atoms with Crippen molar-refractivity contribution in [1.82, 2.24) is 19.7 Å². The van der Waals surface area contributed by atoms with Crippen molar-refractivity contribution in [1.29, 1.82) is 0 Å². The Bertz CT molecular complexity index is 864. The first-order chi connectivity index (χ1) is 12.2. The van der Waals surface area contributed by atoms with Crippen molar-refractivity contribution in [2.45, 2.75) is 45.1 Å². The van der Waals surface area contributed by atoms with Gasteiger partial charge in [0.1, 0.15) is 17.2 Å². The van der Waals surface area contributed by atoms with Crippen LogP contribution in [0, 0.1) is 5.82 Å². The summed E-state index contributed by atoms with van der Waals surface area (Å²) in [6.07, 6.45) is 0.992. The quantitative estimate of drug-likeness (QED) is 0.905. The third-order valence-electron chi connectivity index (χ3n) is 4.74. The molecule has 0 bridgehead atoms. The highest BCUT2D eigenvalue weighted by atomic mass is 19.1. The molecule has 1 aromatic heterocycles. The molecule has 0 aliphatic carbocycles. The van der Waals surface area contributed by atoms with Crippen LogP contribution in [0.1, 0.15) is 56.0 Å². The van der Waals surface area contributed by atoms with Gasteiger partial charge in [-0.2, -0.15) is 0 Å². The van der Waals surface area contributed by atoms with Crippen molar-refractivity contribution >= 4 is 11.9 Å². The lowest BCUT2D eigenvalue weighted by atomic mass is 9.99. The highest BCUT2D eigenvalue weighted by molar-refractivity contribution is 5.95. The molecule has 3 rings (SSSR count). The lowest BCUT2D eigenvalue weighted by Gasteiger charge is -2.30. The number of rotatable bonds is 4. The number of carboxylic acid groups (broad SMARTS) is 1. The smallest absolute Gasteiger partial charge is 0.329 e. The van der Waals surface area contributed by atoms with Gasteiger partial charge in [-0.3, -0.25) is 4.79 Å². The second-order valence-electron chi connectivity index (χ2n) is 6.98. The van der Waals surface area contributed by atoms with E-state index in [9.17, 15) is 19.1 Å². The zero-order valence-electron chi connectivity index (χ0n) is 14.9. The Morgan fingerprint density at radius 1 is 1.35 bits per heavy atom. The standard InChI is InChI=1S/C18H21FN4O3/c1-11(2)15-20-14(21-23(15)13-7-4-6-12(19)10-13)16(24)22-9-5-8-18(22,3)17(25)26/h4,6-7,10-11H,5,8-9H2,1-3H3,(H,25,26). The molecule has 1 amide bonds. The number of hydrogen-bond acceptors (Lipinski definition) is 4. The summed E-state index contributed by atoms with van der Waals surface area (Å²) in [4.78, 5) is 30.2. The van der Waals surface area contributed by atoms with Crippen LogP contribution in [-0.2, 0) is 4.79 Å². The summed E-state index contributed by atoms with van der Waals surface area (Å²) in [5.74, 6) is -1.61. The number of carbonyl (C=O) groups is 2. The van der Waals surface area contributed by atoms with Crippen LogP contribution in [0.4, 0.5) is 4.39 Å². The number of halogens is 1. The van der Waals surface area contributed by atoms with E-state index in [1.807, 2.05) is 13.8 Å². The molecule has 1 aliphatic heterocycles. The molecule has 7 nitrogen and oxygen atoms in total. The molecule has 26 heavy (non-hydrogen) atoms. The van der Waals surface area contributed by atoms with Crippen molar-refractivity contribution in [3.8, 4) is 5.69 Å². The first kappa shape index (κ1) is 18.0. The number of amides is 1. The summed E-state index contributed by atoms with van der Waals surface area (Å²) in [7, 11) is 0. The molecule has 138 valence electrons. The van der Waals surface area contributed by atoms with Gasteiger partial charge in [0.25, 0.3) is 5.91 Å². The topological polar surface area (TPSA) is 88.3 Å². The van der Waals surface area contributed by atoms with Crippen molar-refractivity contribution < 1.29 is 19.1 Å². The van der Waals surface area contributed by atoms with Crippen molar-refractivity contribution in [3.05, 3.63) is 41.7 Å². The molecule has 2 heterocycles. The van der Waals surface area contributed by atoms with Crippen LogP contribution in [0.5, 0.6) is 0 Å². The third-order valence-corrected chi connectivity index (χ3v) is 4.74. The van der Waals surface area contributed by atoms with Crippen molar-refractivity contribution in [2.75, 3.05) is 6.54 Å². The number of hydrogen-bond donors (Lipinski definition) is 1. The average molecular weight is 360 g/mol. The molecular formula is C18H21FN4O3. The van der Waals surface area contributed by atoms with Crippen LogP contribution in [0.2, 0.25) is 0 Å². The summed E-state index contributed by atoms with van der Waals surface area (Å²) in [5, 5.41) is 13.8. The molecule has 1 unspecified atom stereocenters. The van der Waals surface area contributed by atoms with E-state index in [0.29, 0.717) is 30.9 Å². The Labute approximate surface area is 150 Å². The highest BCUT2D eigenvalue weighted by Gasteiger charge is 2.47. The number of benzene rings is 1. The van der Waals surface area contributed by atoms with Crippen LogP contribution in [0.3, 0.4) is 0 Å². The van der Waals surface area contributed by atoms with E-state index in [2.05, 4.69) is 10.1 Å². The van der Waals surface area contributed by atoms with Crippen molar-refractivity contribution in [3.63, 3.8) is 0 Å². The number of aliphatic carboxylic acids is 1. The Balaban J connectivity index is 2.03. The fourth-order valence-electron chi connectivity index (χ4n) is 3.22. The molecule has 1 aliphatic rings. The maximum atomic E-state index is 13.6. The molecule has 0 radical (unpaired) electrons. The maximum Gasteiger partial charge on any atom is 0.329 e. The minimum atomic E-state index is -1.26. The second kappa shape index (κ2) is 6.51. The molecule has 1 aromatic carbocycles. The summed E-state index contributed by atoms with van der Waals surface area (Å²) in [6, 6.07) is 5.87. The highest BCUT2D eigenvalue weighted by Crippen LogP contribution is 2.30. The molecule has 2 aromatic rings. The van der Waals surface area contributed by atoms with Gasteiger partial charge in [0.2, 0.25) is 5.82 Å². The van der Waals surface area contributed by atoms with Gasteiger partial charge in [0, 0.05) is 12.5 Å². The van der Waals surface area contributed by atoms with Gasteiger partial charge in [-0.05, 0) is 38.0 Å². The van der Waals surface area contributed by atoms with Crippen LogP contribution in [0.25, 0.3) is 5.69 Å². The predicted molar refractivity (Wildman–Crippen MR) is 91.7 cm³/mol. The predicted octanol–water partition coefficient (Wildman–Crippen LogP) is 2.61. The van der Waals surface area contributed by atoms with Gasteiger partial charge < -0.3 is 10.0 Å². The molecule has 1 fully saturated rings. The lowest BCUT2D eigenvalue weighted by molar-refractivity contribution is -0.147. The number of carbonyl (C=O) groups excluding carboxylic acids is 1. The normalized spacial score (nSPS) is 20.0. The molecule has 0 spiro atoms. The molecule has 1 saturated heterocycles. The van der Waals surface area contributed by atoms with Gasteiger partial charge in [-0.1, -0.05) is 19.9 Å². The van der Waals surface area contributed by atoms with Crippen LogP contribution < -0.4 is 0 Å². The number of nitrogens with zero attached hydrogens (tertiary/aromatic N) is 4. The molecule has 0 saturated carbocycles. The second-order valence-corrected chi connectivity index (χ2v) is 6.98. The Morgan fingerprint density at radius 2 is 2.08 bits per heavy atom. The van der Waals surface area contributed by atoms with E-state index < -0.39 is 23.2 Å². The SMILES string of the molecule is CC(C)c1nc(C(=O)N2CCCC2(C)C(=O)O)nn1-c1cccc(F)c1. The van der Waals surface area contributed by atoms with Gasteiger partial charge in [-0.15, -0.1) is 5.10 Å². The monoisotopic (exact) mass is 360 g/mol.